The van der Waals surface area contributed by atoms with E-state index in [4.69, 9.17) is 14.9 Å². The van der Waals surface area contributed by atoms with Gasteiger partial charge in [0.1, 0.15) is 18.8 Å². The second-order valence-corrected chi connectivity index (χ2v) is 11.7. The number of fused-ring (bicyclic) bond motifs is 1. The lowest BCUT2D eigenvalue weighted by atomic mass is 10.1. The van der Waals surface area contributed by atoms with Crippen molar-refractivity contribution in [1.29, 1.82) is 5.41 Å². The van der Waals surface area contributed by atoms with Gasteiger partial charge in [-0.25, -0.2) is 0 Å². The van der Waals surface area contributed by atoms with Crippen LogP contribution in [-0.2, 0) is 27.4 Å². The number of hydrogen-bond donors (Lipinski definition) is 1. The molecule has 0 bridgehead atoms. The van der Waals surface area contributed by atoms with E-state index in [1.807, 2.05) is 105 Å². The molecule has 3 atom stereocenters. The number of imidazole rings is 1. The summed E-state index contributed by atoms with van der Waals surface area (Å²) in [7, 11) is 0. The molecule has 1 saturated heterocycles. The minimum atomic E-state index is -0.356. The fourth-order valence-corrected chi connectivity index (χ4v) is 5.03. The fourth-order valence-electron chi connectivity index (χ4n) is 5.03. The van der Waals surface area contributed by atoms with E-state index in [-0.39, 0.29) is 58.9 Å². The summed E-state index contributed by atoms with van der Waals surface area (Å²) in [6.45, 7) is 15.3. The lowest BCUT2D eigenvalue weighted by molar-refractivity contribution is -0.150. The van der Waals surface area contributed by atoms with E-state index in [0.717, 1.165) is 16.6 Å². The van der Waals surface area contributed by atoms with Crippen molar-refractivity contribution >= 4 is 33.9 Å². The van der Waals surface area contributed by atoms with Crippen LogP contribution in [0, 0.1) is 5.41 Å². The fraction of sp³-hybridized carbons (Fsp3) is 0.517. The summed E-state index contributed by atoms with van der Waals surface area (Å²) >= 11 is 0. The number of halogens is 1. The summed E-state index contributed by atoms with van der Waals surface area (Å²) < 4.78 is 16.5. The summed E-state index contributed by atoms with van der Waals surface area (Å²) in [6.07, 6.45) is -0.448. The van der Waals surface area contributed by atoms with Crippen molar-refractivity contribution in [3.63, 3.8) is 0 Å². The second kappa shape index (κ2) is 11.1. The Kier molecular flexibility index (Phi) is 8.77. The minimum Gasteiger partial charge on any atom is -0.368 e. The molecule has 7 nitrogen and oxygen atoms in total. The van der Waals surface area contributed by atoms with Crippen LogP contribution in [0.15, 0.2) is 54.6 Å². The van der Waals surface area contributed by atoms with Gasteiger partial charge in [-0.1, -0.05) is 42.5 Å². The highest BCUT2D eigenvalue weighted by Gasteiger charge is 2.46. The molecule has 1 aliphatic rings. The molecule has 4 rings (SSSR count). The number of amides is 1. The third-order valence-electron chi connectivity index (χ3n) is 6.48. The van der Waals surface area contributed by atoms with E-state index in [1.165, 1.54) is 0 Å². The first kappa shape index (κ1) is 29.1. The van der Waals surface area contributed by atoms with E-state index in [0.29, 0.717) is 18.7 Å². The monoisotopic (exact) mass is 572 g/mol. The van der Waals surface area contributed by atoms with Crippen LogP contribution in [0.4, 0.5) is 0 Å². The molecular formula is C29H41BrN4O3. The van der Waals surface area contributed by atoms with Crippen LogP contribution in [-0.4, -0.2) is 55.9 Å². The predicted octanol–water partition coefficient (Wildman–Crippen LogP) is 5.15. The van der Waals surface area contributed by atoms with Crippen LogP contribution >= 0.6 is 17.0 Å². The zero-order valence-corrected chi connectivity index (χ0v) is 24.7. The number of ether oxygens (including phenoxy) is 2. The van der Waals surface area contributed by atoms with Crippen LogP contribution in [0.3, 0.4) is 0 Å². The average molecular weight is 574 g/mol. The van der Waals surface area contributed by atoms with Crippen LogP contribution < -0.4 is 5.62 Å². The molecule has 0 saturated carbocycles. The summed E-state index contributed by atoms with van der Waals surface area (Å²) in [4.78, 5) is 15.6. The van der Waals surface area contributed by atoms with Gasteiger partial charge in [0.05, 0.1) is 34.8 Å². The molecule has 202 valence electrons. The maximum Gasteiger partial charge on any atom is 0.243 e. The molecule has 3 unspecified atom stereocenters. The van der Waals surface area contributed by atoms with Gasteiger partial charge in [-0.3, -0.25) is 10.2 Å². The Morgan fingerprint density at radius 2 is 1.43 bits per heavy atom. The number of para-hydroxylation sites is 2. The van der Waals surface area contributed by atoms with E-state index >= 15 is 0 Å². The maximum absolute atomic E-state index is 13.7. The first-order valence-electron chi connectivity index (χ1n) is 12.8. The number of rotatable bonds is 6. The Morgan fingerprint density at radius 3 is 2.00 bits per heavy atom. The van der Waals surface area contributed by atoms with E-state index in [1.54, 1.807) is 0 Å². The van der Waals surface area contributed by atoms with Gasteiger partial charge in [0.2, 0.25) is 11.5 Å². The van der Waals surface area contributed by atoms with Crippen molar-refractivity contribution in [2.24, 2.45) is 0 Å². The summed E-state index contributed by atoms with van der Waals surface area (Å²) in [5, 5.41) is 8.96. The lowest BCUT2D eigenvalue weighted by Crippen LogP contribution is -2.44. The number of nitrogens with zero attached hydrogens (tertiary/aromatic N) is 3. The van der Waals surface area contributed by atoms with Gasteiger partial charge in [0.25, 0.3) is 0 Å². The Labute approximate surface area is 230 Å². The zero-order chi connectivity index (χ0) is 26.3. The van der Waals surface area contributed by atoms with Gasteiger partial charge >= 0.3 is 0 Å². The molecule has 1 aliphatic heterocycles. The van der Waals surface area contributed by atoms with E-state index in [9.17, 15) is 4.79 Å². The lowest BCUT2D eigenvalue weighted by Gasteiger charge is -2.33. The number of likely N-dealkylation sites (tertiary alicyclic amines) is 1. The molecule has 1 aromatic heterocycles. The summed E-state index contributed by atoms with van der Waals surface area (Å²) in [5.41, 5.74) is 2.54. The standard InChI is InChI=1S/C29H40N4O3.BrH/c1-20-26(36-29(5,6)7)24(35-28(2,3)4)18-31(20)25(34)19-33-23-16-12-11-15-22(23)32(27(33)30)17-21-13-9-8-10-14-21;/h8-16,20,24,26,30H,17-19H2,1-7H3;1H. The minimum absolute atomic E-state index is 0. The quantitative estimate of drug-likeness (QED) is 0.444. The number of hydrogen-bond acceptors (Lipinski definition) is 4. The molecular weight excluding hydrogens is 532 g/mol. The van der Waals surface area contributed by atoms with E-state index < -0.39 is 0 Å². The SMILES string of the molecule is Br.CC1C(OC(C)(C)C)C(OC(C)(C)C)CN1C(=O)Cn1c(=N)n(Cc2ccccc2)c2ccccc21. The third kappa shape index (κ3) is 6.72. The number of nitrogens with one attached hydrogen (secondary N) is 1. The Bertz CT molecular complexity index is 1270. The molecule has 1 fully saturated rings. The molecule has 37 heavy (non-hydrogen) atoms. The highest BCUT2D eigenvalue weighted by atomic mass is 79.9. The van der Waals surface area contributed by atoms with Crippen LogP contribution in [0.5, 0.6) is 0 Å². The first-order valence-corrected chi connectivity index (χ1v) is 12.8. The second-order valence-electron chi connectivity index (χ2n) is 11.7. The van der Waals surface area contributed by atoms with Crippen molar-refractivity contribution in [1.82, 2.24) is 14.0 Å². The Balaban J connectivity index is 0.00000380. The zero-order valence-electron chi connectivity index (χ0n) is 23.0. The number of benzene rings is 2. The predicted molar refractivity (Wildman–Crippen MR) is 152 cm³/mol. The topological polar surface area (TPSA) is 72.5 Å². The molecule has 2 heterocycles. The number of carbonyl (C=O) groups is 1. The van der Waals surface area contributed by atoms with Crippen molar-refractivity contribution in [2.45, 2.75) is 91.0 Å². The van der Waals surface area contributed by atoms with Gasteiger partial charge in [0.15, 0.2) is 0 Å². The molecule has 0 aliphatic carbocycles. The smallest absolute Gasteiger partial charge is 0.243 e. The highest BCUT2D eigenvalue weighted by Crippen LogP contribution is 2.30. The molecule has 0 radical (unpaired) electrons. The van der Waals surface area contributed by atoms with Crippen molar-refractivity contribution in [2.75, 3.05) is 6.54 Å². The summed E-state index contributed by atoms with van der Waals surface area (Å²) in [5.74, 6) is -0.0360. The Hall–Kier alpha value is -2.42. The molecule has 0 spiro atoms. The Morgan fingerprint density at radius 1 is 0.892 bits per heavy atom. The molecule has 1 N–H and O–H groups in total. The maximum atomic E-state index is 13.7. The first-order chi connectivity index (χ1) is 16.8. The average Bonchev–Trinajstić information content (AvgIpc) is 3.22. The van der Waals surface area contributed by atoms with Crippen LogP contribution in [0.25, 0.3) is 11.0 Å². The van der Waals surface area contributed by atoms with Gasteiger partial charge in [-0.2, -0.15) is 0 Å². The molecule has 8 heteroatoms. The van der Waals surface area contributed by atoms with Crippen molar-refractivity contribution in [3.05, 3.63) is 65.8 Å². The summed E-state index contributed by atoms with van der Waals surface area (Å²) in [6, 6.07) is 17.9. The van der Waals surface area contributed by atoms with Crippen molar-refractivity contribution < 1.29 is 14.3 Å². The largest absolute Gasteiger partial charge is 0.368 e. The van der Waals surface area contributed by atoms with Crippen molar-refractivity contribution in [3.8, 4) is 0 Å². The molecule has 1 amide bonds. The van der Waals surface area contributed by atoms with Gasteiger partial charge in [0, 0.05) is 6.54 Å². The van der Waals surface area contributed by atoms with Gasteiger partial charge in [-0.15, -0.1) is 17.0 Å². The van der Waals surface area contributed by atoms with E-state index in [2.05, 4.69) is 12.1 Å². The molecule has 2 aromatic carbocycles. The van der Waals surface area contributed by atoms with Gasteiger partial charge in [-0.05, 0) is 66.2 Å². The van der Waals surface area contributed by atoms with Crippen LogP contribution in [0.1, 0.15) is 54.0 Å². The van der Waals surface area contributed by atoms with Gasteiger partial charge < -0.3 is 23.5 Å². The normalized spacial score (nSPS) is 20.3. The number of carbonyl (C=O) groups excluding carboxylic acids is 1. The van der Waals surface area contributed by atoms with Crippen LogP contribution in [0.2, 0.25) is 0 Å². The number of aromatic nitrogens is 2. The third-order valence-corrected chi connectivity index (χ3v) is 6.48. The highest BCUT2D eigenvalue weighted by molar-refractivity contribution is 8.93. The molecule has 3 aromatic rings.